The zero-order chi connectivity index (χ0) is 18.9. The molecule has 0 unspecified atom stereocenters. The van der Waals surface area contributed by atoms with Crippen molar-refractivity contribution in [2.24, 2.45) is 0 Å². The SMILES string of the molecule is COc1ccccc1CCNc1nc(C)cc(NCCN2CCOCC2)n1. The van der Waals surface area contributed by atoms with Crippen LogP contribution in [0.2, 0.25) is 0 Å². The smallest absolute Gasteiger partial charge is 0.224 e. The number of morpholine rings is 1. The van der Waals surface area contributed by atoms with Gasteiger partial charge in [-0.05, 0) is 25.0 Å². The quantitative estimate of drug-likeness (QED) is 0.700. The van der Waals surface area contributed by atoms with E-state index in [4.69, 9.17) is 9.47 Å². The predicted octanol–water partition coefficient (Wildman–Crippen LogP) is 2.19. The highest BCUT2D eigenvalue weighted by Gasteiger charge is 2.10. The van der Waals surface area contributed by atoms with Gasteiger partial charge in [0.2, 0.25) is 5.95 Å². The highest BCUT2D eigenvalue weighted by molar-refractivity contribution is 5.42. The number of aromatic nitrogens is 2. The van der Waals surface area contributed by atoms with E-state index in [-0.39, 0.29) is 0 Å². The summed E-state index contributed by atoms with van der Waals surface area (Å²) >= 11 is 0. The molecule has 2 aromatic rings. The molecule has 2 heterocycles. The number of hydrogen-bond donors (Lipinski definition) is 2. The lowest BCUT2D eigenvalue weighted by atomic mass is 10.1. The van der Waals surface area contributed by atoms with Gasteiger partial charge in [0, 0.05) is 44.5 Å². The number of hydrogen-bond acceptors (Lipinski definition) is 7. The third-order valence-corrected chi connectivity index (χ3v) is 4.56. The van der Waals surface area contributed by atoms with Gasteiger partial charge in [-0.15, -0.1) is 0 Å². The van der Waals surface area contributed by atoms with E-state index in [1.807, 2.05) is 31.2 Å². The predicted molar refractivity (Wildman–Crippen MR) is 108 cm³/mol. The monoisotopic (exact) mass is 371 g/mol. The van der Waals surface area contributed by atoms with E-state index in [9.17, 15) is 0 Å². The Kier molecular flexibility index (Phi) is 7.24. The van der Waals surface area contributed by atoms with Crippen LogP contribution in [0.5, 0.6) is 5.75 Å². The normalized spacial score (nSPS) is 14.7. The van der Waals surface area contributed by atoms with Crippen LogP contribution in [-0.2, 0) is 11.2 Å². The van der Waals surface area contributed by atoms with Gasteiger partial charge in [-0.2, -0.15) is 4.98 Å². The fraction of sp³-hybridized carbons (Fsp3) is 0.500. The summed E-state index contributed by atoms with van der Waals surface area (Å²) in [5.41, 5.74) is 2.11. The van der Waals surface area contributed by atoms with Crippen LogP contribution in [0.25, 0.3) is 0 Å². The molecule has 1 aromatic heterocycles. The van der Waals surface area contributed by atoms with Gasteiger partial charge in [0.05, 0.1) is 20.3 Å². The maximum Gasteiger partial charge on any atom is 0.224 e. The van der Waals surface area contributed by atoms with Crippen LogP contribution in [0.15, 0.2) is 30.3 Å². The first-order valence-corrected chi connectivity index (χ1v) is 9.50. The Hall–Kier alpha value is -2.38. The van der Waals surface area contributed by atoms with Crippen molar-refractivity contribution in [3.8, 4) is 5.75 Å². The molecule has 1 aliphatic rings. The Morgan fingerprint density at radius 3 is 2.74 bits per heavy atom. The number of methoxy groups -OCH3 is 1. The van der Waals surface area contributed by atoms with Gasteiger partial charge in [0.25, 0.3) is 0 Å². The van der Waals surface area contributed by atoms with Gasteiger partial charge in [0.1, 0.15) is 11.6 Å². The molecule has 7 nitrogen and oxygen atoms in total. The Morgan fingerprint density at radius 2 is 1.93 bits per heavy atom. The molecular weight excluding hydrogens is 342 g/mol. The molecule has 0 radical (unpaired) electrons. The maximum absolute atomic E-state index is 5.40. The summed E-state index contributed by atoms with van der Waals surface area (Å²) < 4.78 is 10.8. The largest absolute Gasteiger partial charge is 0.496 e. The van der Waals surface area contributed by atoms with E-state index < -0.39 is 0 Å². The van der Waals surface area contributed by atoms with Crippen molar-refractivity contribution in [1.82, 2.24) is 14.9 Å². The molecular formula is C20H29N5O2. The second-order valence-electron chi connectivity index (χ2n) is 6.59. The summed E-state index contributed by atoms with van der Waals surface area (Å²) in [6.07, 6.45) is 0.848. The number of anilines is 2. The fourth-order valence-corrected chi connectivity index (χ4v) is 3.12. The first-order chi connectivity index (χ1) is 13.2. The Bertz CT molecular complexity index is 719. The minimum Gasteiger partial charge on any atom is -0.496 e. The number of aryl methyl sites for hydroxylation is 1. The van der Waals surface area contributed by atoms with Gasteiger partial charge in [-0.3, -0.25) is 4.90 Å². The van der Waals surface area contributed by atoms with Gasteiger partial charge in [-0.25, -0.2) is 4.98 Å². The molecule has 1 fully saturated rings. The standard InChI is InChI=1S/C20H29N5O2/c1-16-15-19(21-9-10-25-11-13-27-14-12-25)24-20(23-16)22-8-7-17-5-3-4-6-18(17)26-2/h3-6,15H,7-14H2,1-2H3,(H2,21,22,23,24). The van der Waals surface area contributed by atoms with Crippen molar-refractivity contribution in [2.45, 2.75) is 13.3 Å². The van der Waals surface area contributed by atoms with Crippen molar-refractivity contribution in [3.05, 3.63) is 41.6 Å². The molecule has 0 bridgehead atoms. The molecule has 7 heteroatoms. The van der Waals surface area contributed by atoms with Crippen molar-refractivity contribution in [2.75, 3.05) is 63.7 Å². The lowest BCUT2D eigenvalue weighted by molar-refractivity contribution is 0.0398. The van der Waals surface area contributed by atoms with E-state index in [1.165, 1.54) is 5.56 Å². The van der Waals surface area contributed by atoms with E-state index in [0.29, 0.717) is 5.95 Å². The summed E-state index contributed by atoms with van der Waals surface area (Å²) in [5.74, 6) is 2.42. The third-order valence-electron chi connectivity index (χ3n) is 4.56. The van der Waals surface area contributed by atoms with Crippen molar-refractivity contribution in [1.29, 1.82) is 0 Å². The number of benzene rings is 1. The molecule has 1 aliphatic heterocycles. The van der Waals surface area contributed by atoms with Gasteiger partial charge < -0.3 is 20.1 Å². The van der Waals surface area contributed by atoms with Crippen LogP contribution in [0.3, 0.4) is 0 Å². The van der Waals surface area contributed by atoms with Crippen LogP contribution in [0.1, 0.15) is 11.3 Å². The Morgan fingerprint density at radius 1 is 1.11 bits per heavy atom. The van der Waals surface area contributed by atoms with Crippen molar-refractivity contribution >= 4 is 11.8 Å². The van der Waals surface area contributed by atoms with Crippen LogP contribution in [0, 0.1) is 6.92 Å². The lowest BCUT2D eigenvalue weighted by Gasteiger charge is -2.26. The third kappa shape index (κ3) is 6.08. The van der Waals surface area contributed by atoms with Crippen molar-refractivity contribution < 1.29 is 9.47 Å². The Labute approximate surface area is 161 Å². The average Bonchev–Trinajstić information content (AvgIpc) is 2.69. The van der Waals surface area contributed by atoms with Gasteiger partial charge >= 0.3 is 0 Å². The molecule has 1 aromatic carbocycles. The first-order valence-electron chi connectivity index (χ1n) is 9.50. The molecule has 0 aliphatic carbocycles. The topological polar surface area (TPSA) is 71.5 Å². The molecule has 146 valence electrons. The summed E-state index contributed by atoms with van der Waals surface area (Å²) in [6, 6.07) is 10.0. The van der Waals surface area contributed by atoms with Crippen LogP contribution < -0.4 is 15.4 Å². The maximum atomic E-state index is 5.40. The fourth-order valence-electron chi connectivity index (χ4n) is 3.12. The molecule has 2 N–H and O–H groups in total. The molecule has 0 atom stereocenters. The first kappa shape index (κ1) is 19.4. The van der Waals surface area contributed by atoms with Gasteiger partial charge in [-0.1, -0.05) is 18.2 Å². The average molecular weight is 371 g/mol. The minimum atomic E-state index is 0.652. The van der Waals surface area contributed by atoms with Crippen LogP contribution >= 0.6 is 0 Å². The van der Waals surface area contributed by atoms with Crippen molar-refractivity contribution in [3.63, 3.8) is 0 Å². The van der Waals surface area contributed by atoms with E-state index in [2.05, 4.69) is 31.6 Å². The summed E-state index contributed by atoms with van der Waals surface area (Å²) in [6.45, 7) is 8.23. The number of para-hydroxylation sites is 1. The van der Waals surface area contributed by atoms with Crippen LogP contribution in [0.4, 0.5) is 11.8 Å². The van der Waals surface area contributed by atoms with Gasteiger partial charge in [0.15, 0.2) is 0 Å². The molecule has 3 rings (SSSR count). The zero-order valence-corrected chi connectivity index (χ0v) is 16.2. The zero-order valence-electron chi connectivity index (χ0n) is 16.2. The second-order valence-corrected chi connectivity index (χ2v) is 6.59. The lowest BCUT2D eigenvalue weighted by Crippen LogP contribution is -2.39. The number of rotatable bonds is 9. The Balaban J connectivity index is 1.49. The highest BCUT2D eigenvalue weighted by Crippen LogP contribution is 2.18. The molecule has 27 heavy (non-hydrogen) atoms. The van der Waals surface area contributed by atoms with E-state index in [0.717, 1.165) is 69.6 Å². The summed E-state index contributed by atoms with van der Waals surface area (Å²) in [4.78, 5) is 11.5. The molecule has 0 saturated carbocycles. The second kappa shape index (κ2) is 10.1. The van der Waals surface area contributed by atoms with E-state index >= 15 is 0 Å². The minimum absolute atomic E-state index is 0.652. The van der Waals surface area contributed by atoms with Crippen LogP contribution in [-0.4, -0.2) is 67.9 Å². The molecule has 0 amide bonds. The number of nitrogens with one attached hydrogen (secondary N) is 2. The summed E-state index contributed by atoms with van der Waals surface area (Å²) in [7, 11) is 1.70. The number of ether oxygens (including phenoxy) is 2. The summed E-state index contributed by atoms with van der Waals surface area (Å²) in [5, 5.41) is 6.73. The molecule has 0 spiro atoms. The van der Waals surface area contributed by atoms with E-state index in [1.54, 1.807) is 7.11 Å². The highest BCUT2D eigenvalue weighted by atomic mass is 16.5. The molecule has 1 saturated heterocycles. The number of nitrogens with zero attached hydrogens (tertiary/aromatic N) is 3.